The number of nitrogens with zero attached hydrogens (tertiary/aromatic N) is 2. The lowest BCUT2D eigenvalue weighted by Gasteiger charge is -2.23. The van der Waals surface area contributed by atoms with Crippen LogP contribution in [0.5, 0.6) is 11.5 Å². The predicted octanol–water partition coefficient (Wildman–Crippen LogP) is 5.80. The van der Waals surface area contributed by atoms with Crippen LogP contribution in [0.25, 0.3) is 16.0 Å². The van der Waals surface area contributed by atoms with Crippen molar-refractivity contribution in [3.8, 4) is 11.5 Å². The number of ether oxygens (including phenoxy) is 2. The average Bonchev–Trinajstić information content (AvgIpc) is 3.44. The van der Waals surface area contributed by atoms with Gasteiger partial charge in [-0.1, -0.05) is 42.2 Å². The minimum absolute atomic E-state index is 0.0218. The Bertz CT molecular complexity index is 1550. The van der Waals surface area contributed by atoms with Crippen molar-refractivity contribution in [3.05, 3.63) is 102 Å². The van der Waals surface area contributed by atoms with Gasteiger partial charge in [0.05, 0.1) is 28.9 Å². The van der Waals surface area contributed by atoms with Crippen LogP contribution in [0, 0.1) is 6.92 Å². The second-order valence-corrected chi connectivity index (χ2v) is 9.55. The summed E-state index contributed by atoms with van der Waals surface area (Å²) in [5.41, 5.74) is 2.76. The van der Waals surface area contributed by atoms with Gasteiger partial charge in [0.15, 0.2) is 5.13 Å². The maximum atomic E-state index is 13.5. The van der Waals surface area contributed by atoms with Crippen molar-refractivity contribution < 1.29 is 24.2 Å². The third-order valence-electron chi connectivity index (χ3n) is 6.09. The molecule has 7 nitrogen and oxygen atoms in total. The lowest BCUT2D eigenvalue weighted by molar-refractivity contribution is -0.132. The maximum absolute atomic E-state index is 13.5. The normalized spacial score (nSPS) is 16.8. The number of aliphatic hydroxyl groups excluding tert-OH is 1. The monoisotopic (exact) mass is 512 g/mol. The summed E-state index contributed by atoms with van der Waals surface area (Å²) in [6, 6.07) is 18.7. The van der Waals surface area contributed by atoms with Gasteiger partial charge in [-0.15, -0.1) is 0 Å². The molecule has 1 N–H and O–H groups in total. The number of aryl methyl sites for hydroxylation is 1. The van der Waals surface area contributed by atoms with Crippen LogP contribution in [-0.4, -0.2) is 35.5 Å². The van der Waals surface area contributed by atoms with Crippen LogP contribution in [0.2, 0.25) is 0 Å². The predicted molar refractivity (Wildman–Crippen MR) is 144 cm³/mol. The summed E-state index contributed by atoms with van der Waals surface area (Å²) in [7, 11) is 1.54. The van der Waals surface area contributed by atoms with Crippen LogP contribution < -0.4 is 14.4 Å². The summed E-state index contributed by atoms with van der Waals surface area (Å²) < 4.78 is 11.8. The molecule has 4 aromatic rings. The number of methoxy groups -OCH3 is 1. The molecule has 1 amide bonds. The summed E-state index contributed by atoms with van der Waals surface area (Å²) in [4.78, 5) is 32.9. The van der Waals surface area contributed by atoms with Crippen LogP contribution in [0.4, 0.5) is 5.13 Å². The van der Waals surface area contributed by atoms with E-state index in [-0.39, 0.29) is 11.3 Å². The molecule has 0 spiro atoms. The minimum Gasteiger partial charge on any atom is -0.507 e. The third kappa shape index (κ3) is 4.47. The largest absolute Gasteiger partial charge is 0.507 e. The Labute approximate surface area is 217 Å². The number of Topliss-reactive ketones (excluding diaryl/α,β-unsaturated/α-hetero) is 1. The Morgan fingerprint density at radius 2 is 1.89 bits per heavy atom. The van der Waals surface area contributed by atoms with E-state index in [1.54, 1.807) is 61.7 Å². The number of hydrogen-bond donors (Lipinski definition) is 1. The molecule has 1 atom stereocenters. The first-order valence-electron chi connectivity index (χ1n) is 11.6. The molecule has 0 unspecified atom stereocenters. The molecule has 186 valence electrons. The minimum atomic E-state index is -0.906. The van der Waals surface area contributed by atoms with Crippen molar-refractivity contribution in [3.63, 3.8) is 0 Å². The van der Waals surface area contributed by atoms with E-state index < -0.39 is 17.7 Å². The molecule has 8 heteroatoms. The molecule has 3 aromatic carbocycles. The van der Waals surface area contributed by atoms with E-state index in [1.807, 2.05) is 25.1 Å². The number of fused-ring (bicyclic) bond motifs is 1. The van der Waals surface area contributed by atoms with Crippen LogP contribution in [0.15, 0.2) is 85.0 Å². The van der Waals surface area contributed by atoms with Gasteiger partial charge >= 0.3 is 5.91 Å². The van der Waals surface area contributed by atoms with Crippen LogP contribution in [0.3, 0.4) is 0 Å². The topological polar surface area (TPSA) is 89.0 Å². The first-order valence-corrected chi connectivity index (χ1v) is 12.4. The highest BCUT2D eigenvalue weighted by molar-refractivity contribution is 7.22. The molecular formula is C29H24N2O5S. The molecule has 37 heavy (non-hydrogen) atoms. The molecule has 1 aliphatic heterocycles. The van der Waals surface area contributed by atoms with E-state index in [4.69, 9.17) is 9.47 Å². The number of rotatable bonds is 7. The standard InChI is InChI=1S/C29H24N2O5S/c1-4-14-36-21-7-5-6-19(16-21)25-24(26(32)18-9-11-20(35-3)12-10-18)27(33)28(34)31(25)29-30-22-13-8-17(2)15-23(22)37-29/h4-13,15-16,25,32H,1,14H2,2-3H3/t25-/m1/s1. The van der Waals surface area contributed by atoms with Gasteiger partial charge in [0.1, 0.15) is 23.9 Å². The molecular weight excluding hydrogens is 488 g/mol. The van der Waals surface area contributed by atoms with Gasteiger partial charge < -0.3 is 14.6 Å². The fraction of sp³-hybridized carbons (Fsp3) is 0.138. The van der Waals surface area contributed by atoms with Crippen LogP contribution in [-0.2, 0) is 9.59 Å². The molecule has 1 aliphatic rings. The van der Waals surface area contributed by atoms with Gasteiger partial charge in [0, 0.05) is 5.56 Å². The Morgan fingerprint density at radius 3 is 2.62 bits per heavy atom. The van der Waals surface area contributed by atoms with Crippen molar-refractivity contribution in [2.24, 2.45) is 0 Å². The summed E-state index contributed by atoms with van der Waals surface area (Å²) in [6.07, 6.45) is 1.63. The third-order valence-corrected chi connectivity index (χ3v) is 7.11. The Balaban J connectivity index is 1.70. The lowest BCUT2D eigenvalue weighted by Crippen LogP contribution is -2.29. The number of amides is 1. The number of carbonyl (C=O) groups is 2. The van der Waals surface area contributed by atoms with Gasteiger partial charge in [-0.25, -0.2) is 4.98 Å². The molecule has 5 rings (SSSR count). The smallest absolute Gasteiger partial charge is 0.301 e. The van der Waals surface area contributed by atoms with Gasteiger partial charge in [0.2, 0.25) is 0 Å². The number of benzene rings is 3. The zero-order valence-electron chi connectivity index (χ0n) is 20.3. The first-order chi connectivity index (χ1) is 17.9. The second kappa shape index (κ2) is 9.91. The Hall–Kier alpha value is -4.43. The van der Waals surface area contributed by atoms with Gasteiger partial charge in [-0.05, 0) is 66.6 Å². The highest BCUT2D eigenvalue weighted by atomic mass is 32.1. The summed E-state index contributed by atoms with van der Waals surface area (Å²) in [6.45, 7) is 5.96. The molecule has 2 heterocycles. The quantitative estimate of drug-likeness (QED) is 0.146. The molecule has 0 bridgehead atoms. The van der Waals surface area contributed by atoms with Gasteiger partial charge in [0.25, 0.3) is 5.78 Å². The van der Waals surface area contributed by atoms with E-state index in [9.17, 15) is 14.7 Å². The number of hydrogen-bond acceptors (Lipinski definition) is 7. The Kier molecular flexibility index (Phi) is 6.50. The number of anilines is 1. The van der Waals surface area contributed by atoms with Crippen molar-refractivity contribution in [1.29, 1.82) is 0 Å². The van der Waals surface area contributed by atoms with E-state index in [0.717, 1.165) is 15.8 Å². The Morgan fingerprint density at radius 1 is 1.11 bits per heavy atom. The number of aromatic nitrogens is 1. The number of thiazole rings is 1. The molecule has 0 saturated carbocycles. The fourth-order valence-corrected chi connectivity index (χ4v) is 5.39. The van der Waals surface area contributed by atoms with Crippen molar-refractivity contribution in [1.82, 2.24) is 4.98 Å². The summed E-state index contributed by atoms with van der Waals surface area (Å²) in [5.74, 6) is -0.667. The van der Waals surface area contributed by atoms with Crippen molar-refractivity contribution >= 4 is 44.1 Å². The van der Waals surface area contributed by atoms with Gasteiger partial charge in [-0.3, -0.25) is 14.5 Å². The fourth-order valence-electron chi connectivity index (χ4n) is 4.30. The SMILES string of the molecule is C=CCOc1cccc([C@@H]2C(=C(O)c3ccc(OC)cc3)C(=O)C(=O)N2c2nc3ccc(C)cc3s2)c1. The summed E-state index contributed by atoms with van der Waals surface area (Å²) >= 11 is 1.32. The number of ketones is 1. The zero-order chi connectivity index (χ0) is 26.1. The van der Waals surface area contributed by atoms with Gasteiger partial charge in [-0.2, -0.15) is 0 Å². The first kappa shape index (κ1) is 24.3. The average molecular weight is 513 g/mol. The van der Waals surface area contributed by atoms with Crippen LogP contribution in [0.1, 0.15) is 22.7 Å². The summed E-state index contributed by atoms with van der Waals surface area (Å²) in [5, 5.41) is 11.7. The second-order valence-electron chi connectivity index (χ2n) is 8.54. The van der Waals surface area contributed by atoms with Crippen molar-refractivity contribution in [2.75, 3.05) is 18.6 Å². The molecule has 1 fully saturated rings. The molecule has 1 aromatic heterocycles. The lowest BCUT2D eigenvalue weighted by atomic mass is 9.95. The van der Waals surface area contributed by atoms with Crippen LogP contribution >= 0.6 is 11.3 Å². The number of carbonyl (C=O) groups excluding carboxylic acids is 2. The molecule has 1 saturated heterocycles. The molecule has 0 radical (unpaired) electrons. The highest BCUT2D eigenvalue weighted by Crippen LogP contribution is 2.45. The highest BCUT2D eigenvalue weighted by Gasteiger charge is 2.48. The van der Waals surface area contributed by atoms with E-state index in [2.05, 4.69) is 11.6 Å². The maximum Gasteiger partial charge on any atom is 0.301 e. The number of aliphatic hydroxyl groups is 1. The van der Waals surface area contributed by atoms with E-state index in [0.29, 0.717) is 34.4 Å². The zero-order valence-corrected chi connectivity index (χ0v) is 21.1. The van der Waals surface area contributed by atoms with E-state index in [1.165, 1.54) is 16.2 Å². The van der Waals surface area contributed by atoms with E-state index >= 15 is 0 Å². The van der Waals surface area contributed by atoms with Crippen molar-refractivity contribution in [2.45, 2.75) is 13.0 Å². The molecule has 0 aliphatic carbocycles.